The van der Waals surface area contributed by atoms with Gasteiger partial charge in [-0.1, -0.05) is 35.3 Å². The predicted molar refractivity (Wildman–Crippen MR) is 85.4 cm³/mol. The second-order valence-corrected chi connectivity index (χ2v) is 5.58. The van der Waals surface area contributed by atoms with E-state index in [0.717, 1.165) is 5.56 Å². The third-order valence-electron chi connectivity index (χ3n) is 3.04. The summed E-state index contributed by atoms with van der Waals surface area (Å²) < 4.78 is 0. The van der Waals surface area contributed by atoms with Gasteiger partial charge in [0.05, 0.1) is 4.92 Å². The summed E-state index contributed by atoms with van der Waals surface area (Å²) >= 11 is 11.6. The van der Waals surface area contributed by atoms with Gasteiger partial charge >= 0.3 is 0 Å². The highest BCUT2D eigenvalue weighted by Gasteiger charge is 2.23. The molecular formula is C15H12Cl2N2O3. The number of hydrogen-bond acceptors (Lipinski definition) is 3. The minimum atomic E-state index is -0.619. The lowest BCUT2D eigenvalue weighted by Gasteiger charge is -2.17. The molecule has 0 aliphatic rings. The molecule has 7 heteroatoms. The number of hydrogen-bond donors (Lipinski definition) is 0. The number of nitro benzene ring substituents is 1. The van der Waals surface area contributed by atoms with Crippen LogP contribution in [0, 0.1) is 10.1 Å². The molecule has 0 fully saturated rings. The second-order valence-electron chi connectivity index (χ2n) is 4.71. The van der Waals surface area contributed by atoms with E-state index in [1.165, 1.54) is 23.1 Å². The number of halogens is 2. The van der Waals surface area contributed by atoms with E-state index in [1.54, 1.807) is 25.2 Å². The summed E-state index contributed by atoms with van der Waals surface area (Å²) in [6, 6.07) is 11.1. The van der Waals surface area contributed by atoms with Crippen molar-refractivity contribution in [3.63, 3.8) is 0 Å². The molecule has 0 N–H and O–H groups in total. The Morgan fingerprint density at radius 1 is 1.18 bits per heavy atom. The number of nitro groups is 1. The molecule has 0 radical (unpaired) electrons. The molecule has 0 saturated carbocycles. The maximum Gasteiger partial charge on any atom is 0.283 e. The lowest BCUT2D eigenvalue weighted by molar-refractivity contribution is -0.385. The first kappa shape index (κ1) is 16.3. The van der Waals surface area contributed by atoms with Gasteiger partial charge in [0.15, 0.2) is 0 Å². The van der Waals surface area contributed by atoms with E-state index in [4.69, 9.17) is 23.2 Å². The van der Waals surface area contributed by atoms with Crippen molar-refractivity contribution < 1.29 is 9.72 Å². The van der Waals surface area contributed by atoms with Gasteiger partial charge in [0.25, 0.3) is 11.6 Å². The van der Waals surface area contributed by atoms with E-state index in [1.807, 2.05) is 6.07 Å². The average Bonchev–Trinajstić information content (AvgIpc) is 2.46. The molecule has 114 valence electrons. The van der Waals surface area contributed by atoms with E-state index in [9.17, 15) is 14.9 Å². The minimum Gasteiger partial charge on any atom is -0.337 e. The Bertz CT molecular complexity index is 734. The largest absolute Gasteiger partial charge is 0.337 e. The molecule has 0 bridgehead atoms. The first-order valence-electron chi connectivity index (χ1n) is 6.32. The molecule has 0 spiro atoms. The average molecular weight is 339 g/mol. The van der Waals surface area contributed by atoms with E-state index >= 15 is 0 Å². The first-order valence-corrected chi connectivity index (χ1v) is 7.08. The van der Waals surface area contributed by atoms with Crippen LogP contribution in [0.4, 0.5) is 5.69 Å². The molecule has 0 aromatic heterocycles. The number of rotatable bonds is 4. The van der Waals surface area contributed by atoms with Gasteiger partial charge in [0, 0.05) is 29.7 Å². The van der Waals surface area contributed by atoms with Crippen molar-refractivity contribution >= 4 is 34.8 Å². The maximum atomic E-state index is 12.4. The van der Waals surface area contributed by atoms with Gasteiger partial charge in [-0.2, -0.15) is 0 Å². The number of nitrogens with zero attached hydrogens (tertiary/aromatic N) is 2. The van der Waals surface area contributed by atoms with Crippen LogP contribution in [0.15, 0.2) is 42.5 Å². The third kappa shape index (κ3) is 3.75. The standard InChI is InChI=1S/C15H12Cl2N2O3/c1-18(9-10-3-2-4-11(16)7-10)15(20)13-6-5-12(17)8-14(13)19(21)22/h2-8H,9H2,1H3. The van der Waals surface area contributed by atoms with Crippen LogP contribution in [0.25, 0.3) is 0 Å². The van der Waals surface area contributed by atoms with Crippen LogP contribution in [-0.4, -0.2) is 22.8 Å². The van der Waals surface area contributed by atoms with Crippen LogP contribution in [0.1, 0.15) is 15.9 Å². The molecule has 2 rings (SSSR count). The Balaban J connectivity index is 2.26. The van der Waals surface area contributed by atoms with Gasteiger partial charge in [0.1, 0.15) is 5.56 Å². The number of carbonyl (C=O) groups excluding carboxylic acids is 1. The van der Waals surface area contributed by atoms with Crippen molar-refractivity contribution in [2.24, 2.45) is 0 Å². The van der Waals surface area contributed by atoms with Crippen molar-refractivity contribution in [2.45, 2.75) is 6.54 Å². The van der Waals surface area contributed by atoms with Gasteiger partial charge < -0.3 is 4.90 Å². The fraction of sp³-hybridized carbons (Fsp3) is 0.133. The van der Waals surface area contributed by atoms with Crippen LogP contribution in [-0.2, 0) is 6.54 Å². The number of benzene rings is 2. The molecule has 0 saturated heterocycles. The molecule has 2 aromatic carbocycles. The first-order chi connectivity index (χ1) is 10.4. The van der Waals surface area contributed by atoms with E-state index in [2.05, 4.69) is 0 Å². The normalized spacial score (nSPS) is 10.3. The monoisotopic (exact) mass is 338 g/mol. The smallest absolute Gasteiger partial charge is 0.283 e. The van der Waals surface area contributed by atoms with Gasteiger partial charge in [-0.3, -0.25) is 14.9 Å². The van der Waals surface area contributed by atoms with Gasteiger partial charge in [-0.25, -0.2) is 0 Å². The van der Waals surface area contributed by atoms with E-state index in [-0.39, 0.29) is 16.3 Å². The van der Waals surface area contributed by atoms with Gasteiger partial charge in [-0.15, -0.1) is 0 Å². The summed E-state index contributed by atoms with van der Waals surface area (Å²) in [6.07, 6.45) is 0. The summed E-state index contributed by atoms with van der Waals surface area (Å²) in [5.41, 5.74) is 0.523. The lowest BCUT2D eigenvalue weighted by atomic mass is 10.1. The molecule has 1 amide bonds. The quantitative estimate of drug-likeness (QED) is 0.620. The summed E-state index contributed by atoms with van der Waals surface area (Å²) in [5, 5.41) is 11.8. The van der Waals surface area contributed by atoms with Crippen LogP contribution in [0.3, 0.4) is 0 Å². The molecular weight excluding hydrogens is 327 g/mol. The van der Waals surface area contributed by atoms with Crippen LogP contribution in [0.5, 0.6) is 0 Å². The SMILES string of the molecule is CN(Cc1cccc(Cl)c1)C(=O)c1ccc(Cl)cc1[N+](=O)[O-]. The highest BCUT2D eigenvalue weighted by molar-refractivity contribution is 6.31. The van der Waals surface area contributed by atoms with Crippen LogP contribution < -0.4 is 0 Å². The van der Waals surface area contributed by atoms with E-state index in [0.29, 0.717) is 11.6 Å². The summed E-state index contributed by atoms with van der Waals surface area (Å²) in [6.45, 7) is 0.291. The summed E-state index contributed by atoms with van der Waals surface area (Å²) in [4.78, 5) is 24.3. The van der Waals surface area contributed by atoms with Crippen molar-refractivity contribution in [3.05, 3.63) is 73.8 Å². The van der Waals surface area contributed by atoms with Crippen LogP contribution >= 0.6 is 23.2 Å². The van der Waals surface area contributed by atoms with Gasteiger partial charge in [-0.05, 0) is 29.8 Å². The Morgan fingerprint density at radius 3 is 2.50 bits per heavy atom. The fourth-order valence-electron chi connectivity index (χ4n) is 2.02. The molecule has 22 heavy (non-hydrogen) atoms. The van der Waals surface area contributed by atoms with Gasteiger partial charge in [0.2, 0.25) is 0 Å². The van der Waals surface area contributed by atoms with Crippen molar-refractivity contribution in [1.29, 1.82) is 0 Å². The maximum absolute atomic E-state index is 12.4. The van der Waals surface area contributed by atoms with Crippen LogP contribution in [0.2, 0.25) is 10.0 Å². The Hall–Kier alpha value is -2.11. The number of amides is 1. The summed E-state index contributed by atoms with van der Waals surface area (Å²) in [7, 11) is 1.57. The fourth-order valence-corrected chi connectivity index (χ4v) is 2.40. The number of carbonyl (C=O) groups is 1. The second kappa shape index (κ2) is 6.77. The molecule has 5 nitrogen and oxygen atoms in total. The highest BCUT2D eigenvalue weighted by atomic mass is 35.5. The van der Waals surface area contributed by atoms with Crippen molar-refractivity contribution in [3.8, 4) is 0 Å². The molecule has 0 aliphatic carbocycles. The van der Waals surface area contributed by atoms with E-state index < -0.39 is 10.8 Å². The molecule has 0 aliphatic heterocycles. The zero-order valence-electron chi connectivity index (χ0n) is 11.6. The lowest BCUT2D eigenvalue weighted by Crippen LogP contribution is -2.26. The zero-order chi connectivity index (χ0) is 16.3. The van der Waals surface area contributed by atoms with Crippen molar-refractivity contribution in [1.82, 2.24) is 4.90 Å². The Labute approximate surface area is 137 Å². The minimum absolute atomic E-state index is 0.000993. The highest BCUT2D eigenvalue weighted by Crippen LogP contribution is 2.24. The Morgan fingerprint density at radius 2 is 1.86 bits per heavy atom. The predicted octanol–water partition coefficient (Wildman–Crippen LogP) is 4.17. The zero-order valence-corrected chi connectivity index (χ0v) is 13.1. The molecule has 0 heterocycles. The molecule has 0 atom stereocenters. The van der Waals surface area contributed by atoms with Crippen molar-refractivity contribution in [2.75, 3.05) is 7.05 Å². The molecule has 2 aromatic rings. The Kier molecular flexibility index (Phi) is 5.00. The third-order valence-corrected chi connectivity index (χ3v) is 3.51. The molecule has 0 unspecified atom stereocenters. The summed E-state index contributed by atoms with van der Waals surface area (Å²) in [5.74, 6) is -0.455. The topological polar surface area (TPSA) is 63.5 Å².